The SMILES string of the molecule is O=C(CN(CCS)CCCN1CCOCC1)NCCS.[O]=[Tc]. The van der Waals surface area contributed by atoms with Crippen LogP contribution in [0.15, 0.2) is 0 Å². The Morgan fingerprint density at radius 3 is 2.45 bits per heavy atom. The molecule has 1 aliphatic rings. The van der Waals surface area contributed by atoms with Crippen LogP contribution in [0, 0.1) is 0 Å². The third-order valence-corrected chi connectivity index (χ3v) is 3.69. The van der Waals surface area contributed by atoms with Crippen LogP contribution in [0.3, 0.4) is 0 Å². The first kappa shape index (κ1) is 22.5. The molecule has 0 aromatic heterocycles. The molecule has 0 radical (unpaired) electrons. The topological polar surface area (TPSA) is 61.9 Å². The zero-order valence-electron chi connectivity index (χ0n) is 12.9. The summed E-state index contributed by atoms with van der Waals surface area (Å²) in [6.45, 7) is 7.67. The van der Waals surface area contributed by atoms with E-state index in [2.05, 4.69) is 40.4 Å². The zero-order chi connectivity index (χ0) is 16.6. The Balaban J connectivity index is 0.00000211. The second-order valence-corrected chi connectivity index (χ2v) is 5.78. The predicted molar refractivity (Wildman–Crippen MR) is 89.7 cm³/mol. The van der Waals surface area contributed by atoms with Gasteiger partial charge in [-0.3, -0.25) is 14.6 Å². The van der Waals surface area contributed by atoms with Gasteiger partial charge in [0.25, 0.3) is 0 Å². The van der Waals surface area contributed by atoms with Gasteiger partial charge in [0.1, 0.15) is 0 Å². The molecular weight excluding hydrogens is 408 g/mol. The van der Waals surface area contributed by atoms with Gasteiger partial charge in [-0.05, 0) is 19.5 Å². The van der Waals surface area contributed by atoms with Gasteiger partial charge in [0.2, 0.25) is 5.91 Å². The van der Waals surface area contributed by atoms with Crippen LogP contribution in [0.2, 0.25) is 0 Å². The minimum absolute atomic E-state index is 0.0761. The van der Waals surface area contributed by atoms with E-state index in [-0.39, 0.29) is 5.91 Å². The first-order valence-corrected chi connectivity index (χ1v) is 9.45. The molecule has 0 saturated carbocycles. The average molecular weight is 436 g/mol. The van der Waals surface area contributed by atoms with Crippen molar-refractivity contribution in [3.63, 3.8) is 0 Å². The maximum atomic E-state index is 11.7. The Bertz CT molecular complexity index is 285. The fourth-order valence-corrected chi connectivity index (χ4v) is 2.60. The number of morpholine rings is 1. The van der Waals surface area contributed by atoms with Gasteiger partial charge in [-0.25, -0.2) is 0 Å². The monoisotopic (exact) mass is 434 g/mol. The van der Waals surface area contributed by atoms with Gasteiger partial charge in [-0.2, -0.15) is 25.3 Å². The summed E-state index contributed by atoms with van der Waals surface area (Å²) in [7, 11) is 0. The van der Waals surface area contributed by atoms with Crippen molar-refractivity contribution < 1.29 is 31.9 Å². The van der Waals surface area contributed by atoms with Crippen molar-refractivity contribution in [2.45, 2.75) is 6.42 Å². The van der Waals surface area contributed by atoms with E-state index in [9.17, 15) is 4.79 Å². The van der Waals surface area contributed by atoms with Crippen LogP contribution in [0.25, 0.3) is 0 Å². The second kappa shape index (κ2) is 16.4. The van der Waals surface area contributed by atoms with Crippen molar-refractivity contribution in [1.29, 1.82) is 0 Å². The van der Waals surface area contributed by atoms with E-state index < -0.39 is 0 Å². The standard InChI is InChI=1S/C13H27N3O2S2.O.Tc/c17-13(14-2-10-19)12-16(7-11-20)4-1-3-15-5-8-18-9-6-15;;/h19-20H,1-12H2,(H,14,17);;. The van der Waals surface area contributed by atoms with Crippen LogP contribution in [-0.4, -0.2) is 86.2 Å². The van der Waals surface area contributed by atoms with Gasteiger partial charge in [-0.1, -0.05) is 0 Å². The number of carbonyl (C=O) groups excluding carboxylic acids is 1. The third-order valence-electron chi connectivity index (χ3n) is 3.27. The molecule has 9 heteroatoms. The van der Waals surface area contributed by atoms with Crippen LogP contribution in [0.4, 0.5) is 0 Å². The fourth-order valence-electron chi connectivity index (χ4n) is 2.21. The summed E-state index contributed by atoms with van der Waals surface area (Å²) in [6.07, 6.45) is 1.08. The van der Waals surface area contributed by atoms with Gasteiger partial charge in [0.15, 0.2) is 0 Å². The van der Waals surface area contributed by atoms with E-state index in [0.717, 1.165) is 77.0 Å². The first-order chi connectivity index (χ1) is 10.8. The van der Waals surface area contributed by atoms with Crippen molar-refractivity contribution in [3.8, 4) is 0 Å². The molecule has 0 unspecified atom stereocenters. The molecule has 1 aliphatic heterocycles. The summed E-state index contributed by atoms with van der Waals surface area (Å²) in [5.41, 5.74) is 0. The zero-order valence-corrected chi connectivity index (χ0v) is 16.5. The molecule has 0 aliphatic carbocycles. The van der Waals surface area contributed by atoms with Crippen LogP contribution >= 0.6 is 25.3 Å². The van der Waals surface area contributed by atoms with Gasteiger partial charge in [-0.15, -0.1) is 0 Å². The quantitative estimate of drug-likeness (QED) is 0.417. The van der Waals surface area contributed by atoms with Crippen LogP contribution in [0.5, 0.6) is 0 Å². The van der Waals surface area contributed by atoms with Crippen molar-refractivity contribution in [3.05, 3.63) is 0 Å². The summed E-state index contributed by atoms with van der Waals surface area (Å²) >= 11 is 9.25. The number of nitrogens with one attached hydrogen (secondary N) is 1. The molecule has 0 atom stereocenters. The molecule has 1 amide bonds. The Morgan fingerprint density at radius 1 is 1.18 bits per heavy atom. The molecule has 131 valence electrons. The predicted octanol–water partition coefficient (Wildman–Crippen LogP) is -0.135. The Kier molecular flexibility index (Phi) is 16.7. The number of carbonyl (C=O) groups is 1. The van der Waals surface area contributed by atoms with E-state index in [1.54, 1.807) is 0 Å². The summed E-state index contributed by atoms with van der Waals surface area (Å²) in [4.78, 5) is 16.3. The molecule has 0 aromatic carbocycles. The number of thiol groups is 2. The Morgan fingerprint density at radius 2 is 1.86 bits per heavy atom. The average Bonchev–Trinajstić information content (AvgIpc) is 2.56. The molecule has 1 fully saturated rings. The van der Waals surface area contributed by atoms with Crippen molar-refractivity contribution >= 4 is 31.2 Å². The van der Waals surface area contributed by atoms with Gasteiger partial charge in [0, 0.05) is 37.7 Å². The molecular formula is C13H27N3O3S2Tc. The summed E-state index contributed by atoms with van der Waals surface area (Å²) in [5, 5.41) is 2.85. The van der Waals surface area contributed by atoms with Crippen molar-refractivity contribution in [2.24, 2.45) is 0 Å². The number of nitrogens with zero attached hydrogens (tertiary/aromatic N) is 2. The molecule has 0 spiro atoms. The minimum atomic E-state index is 0.0761. The van der Waals surface area contributed by atoms with Crippen LogP contribution in [0.1, 0.15) is 6.42 Å². The number of amides is 1. The van der Waals surface area contributed by atoms with E-state index in [1.807, 2.05) is 0 Å². The number of hydrogen-bond donors (Lipinski definition) is 3. The molecule has 1 saturated heterocycles. The van der Waals surface area contributed by atoms with Crippen LogP contribution in [-0.2, 0) is 31.9 Å². The first-order valence-electron chi connectivity index (χ1n) is 7.42. The van der Waals surface area contributed by atoms with Gasteiger partial charge >= 0.3 is 22.4 Å². The number of ether oxygens (including phenoxy) is 1. The van der Waals surface area contributed by atoms with Crippen LogP contribution < -0.4 is 5.32 Å². The molecule has 1 rings (SSSR count). The number of hydrogen-bond acceptors (Lipinski definition) is 7. The van der Waals surface area contributed by atoms with E-state index in [0.29, 0.717) is 18.8 Å². The summed E-state index contributed by atoms with van der Waals surface area (Å²) in [6, 6.07) is 0. The van der Waals surface area contributed by atoms with E-state index >= 15 is 0 Å². The molecule has 1 heterocycles. The second-order valence-electron chi connectivity index (χ2n) is 4.88. The molecule has 0 bridgehead atoms. The van der Waals surface area contributed by atoms with Gasteiger partial charge < -0.3 is 10.1 Å². The molecule has 6 nitrogen and oxygen atoms in total. The van der Waals surface area contributed by atoms with Gasteiger partial charge in [0.05, 0.1) is 19.8 Å². The van der Waals surface area contributed by atoms with Crippen molar-refractivity contribution in [1.82, 2.24) is 15.1 Å². The maximum absolute atomic E-state index is 11.7. The fraction of sp³-hybridized carbons (Fsp3) is 0.923. The summed E-state index contributed by atoms with van der Waals surface area (Å²) < 4.78 is 13.6. The van der Waals surface area contributed by atoms with E-state index in [4.69, 9.17) is 8.24 Å². The molecule has 22 heavy (non-hydrogen) atoms. The number of rotatable bonds is 10. The Hall–Kier alpha value is 0.499. The normalized spacial score (nSPS) is 15.2. The van der Waals surface area contributed by atoms with Crippen molar-refractivity contribution in [2.75, 3.05) is 70.5 Å². The third kappa shape index (κ3) is 12.0. The Labute approximate surface area is 155 Å². The summed E-state index contributed by atoms with van der Waals surface area (Å²) in [5.74, 6) is 1.53. The molecule has 0 aromatic rings. The molecule has 1 N–H and O–H groups in total. The van der Waals surface area contributed by atoms with E-state index in [1.165, 1.54) is 0 Å².